The van der Waals surface area contributed by atoms with Crippen molar-refractivity contribution in [2.24, 2.45) is 0 Å². The Kier molecular flexibility index (Phi) is 5.51. The highest BCUT2D eigenvalue weighted by atomic mass is 35.5. The summed E-state index contributed by atoms with van der Waals surface area (Å²) in [6.07, 6.45) is -4.36. The third kappa shape index (κ3) is 5.10. The maximum atomic E-state index is 12.6. The highest BCUT2D eigenvalue weighted by Gasteiger charge is 2.29. The number of hydrogen-bond acceptors (Lipinski definition) is 4. The standard InChI is InChI=1S/C19H16ClF3N4/c1-12-10-17(26-15-8-6-14(7-9-15)19(21,22)23)27-18(25-12)24-11-13-4-2-3-5-16(13)20/h2-10H,11H2,1H3,(H2,24,25,26,27). The van der Waals surface area contributed by atoms with Gasteiger partial charge in [0.1, 0.15) is 5.82 Å². The third-order valence-corrected chi connectivity index (χ3v) is 4.10. The van der Waals surface area contributed by atoms with Crippen LogP contribution in [0.5, 0.6) is 0 Å². The minimum atomic E-state index is -4.36. The van der Waals surface area contributed by atoms with E-state index in [0.29, 0.717) is 34.7 Å². The Bertz CT molecular complexity index is 927. The van der Waals surface area contributed by atoms with Crippen molar-refractivity contribution >= 4 is 29.1 Å². The summed E-state index contributed by atoms with van der Waals surface area (Å²) in [7, 11) is 0. The van der Waals surface area contributed by atoms with Crippen molar-refractivity contribution in [3.8, 4) is 0 Å². The van der Waals surface area contributed by atoms with E-state index in [1.54, 1.807) is 19.1 Å². The van der Waals surface area contributed by atoms with Gasteiger partial charge in [0.05, 0.1) is 5.56 Å². The molecule has 0 amide bonds. The fourth-order valence-electron chi connectivity index (χ4n) is 2.42. The van der Waals surface area contributed by atoms with Gasteiger partial charge in [-0.05, 0) is 42.8 Å². The molecule has 0 saturated carbocycles. The Morgan fingerprint density at radius 3 is 2.37 bits per heavy atom. The molecule has 0 aliphatic rings. The second-order valence-electron chi connectivity index (χ2n) is 5.86. The first-order valence-corrected chi connectivity index (χ1v) is 8.46. The molecular formula is C19H16ClF3N4. The van der Waals surface area contributed by atoms with E-state index in [4.69, 9.17) is 11.6 Å². The Labute approximate surface area is 159 Å². The topological polar surface area (TPSA) is 49.8 Å². The molecule has 8 heteroatoms. The van der Waals surface area contributed by atoms with Crippen LogP contribution in [0.25, 0.3) is 0 Å². The number of benzene rings is 2. The fourth-order valence-corrected chi connectivity index (χ4v) is 2.62. The van der Waals surface area contributed by atoms with E-state index in [1.165, 1.54) is 12.1 Å². The summed E-state index contributed by atoms with van der Waals surface area (Å²) in [6, 6.07) is 13.9. The molecule has 140 valence electrons. The monoisotopic (exact) mass is 392 g/mol. The van der Waals surface area contributed by atoms with Crippen LogP contribution in [-0.4, -0.2) is 9.97 Å². The van der Waals surface area contributed by atoms with Crippen molar-refractivity contribution in [3.05, 3.63) is 76.4 Å². The lowest BCUT2D eigenvalue weighted by atomic mass is 10.2. The summed E-state index contributed by atoms with van der Waals surface area (Å²) >= 11 is 6.13. The average molecular weight is 393 g/mol. The molecule has 0 atom stereocenters. The lowest BCUT2D eigenvalue weighted by Gasteiger charge is -2.11. The van der Waals surface area contributed by atoms with Gasteiger partial charge in [-0.25, -0.2) is 4.98 Å². The zero-order chi connectivity index (χ0) is 19.4. The van der Waals surface area contributed by atoms with Gasteiger partial charge in [-0.15, -0.1) is 0 Å². The second kappa shape index (κ2) is 7.84. The number of alkyl halides is 3. The normalized spacial score (nSPS) is 11.3. The minimum Gasteiger partial charge on any atom is -0.350 e. The molecule has 2 N–H and O–H groups in total. The zero-order valence-electron chi connectivity index (χ0n) is 14.3. The summed E-state index contributed by atoms with van der Waals surface area (Å²) in [6.45, 7) is 2.25. The Morgan fingerprint density at radius 2 is 1.70 bits per heavy atom. The maximum absolute atomic E-state index is 12.6. The summed E-state index contributed by atoms with van der Waals surface area (Å²) in [5.74, 6) is 0.869. The number of nitrogens with one attached hydrogen (secondary N) is 2. The molecule has 0 radical (unpaired) electrons. The van der Waals surface area contributed by atoms with Crippen molar-refractivity contribution in [3.63, 3.8) is 0 Å². The van der Waals surface area contributed by atoms with Crippen molar-refractivity contribution in [2.75, 3.05) is 10.6 Å². The Hall–Kier alpha value is -2.80. The number of halogens is 4. The number of aryl methyl sites for hydroxylation is 1. The van der Waals surface area contributed by atoms with E-state index in [2.05, 4.69) is 20.6 Å². The third-order valence-electron chi connectivity index (χ3n) is 3.73. The largest absolute Gasteiger partial charge is 0.416 e. The minimum absolute atomic E-state index is 0.393. The van der Waals surface area contributed by atoms with E-state index in [-0.39, 0.29) is 0 Å². The van der Waals surface area contributed by atoms with Gasteiger partial charge in [0.25, 0.3) is 0 Å². The molecule has 1 heterocycles. The summed E-state index contributed by atoms with van der Waals surface area (Å²) in [5.41, 5.74) is 1.41. The predicted molar refractivity (Wildman–Crippen MR) is 100 cm³/mol. The molecule has 2 aromatic carbocycles. The quantitative estimate of drug-likeness (QED) is 0.575. The van der Waals surface area contributed by atoms with Gasteiger partial charge in [0.2, 0.25) is 5.95 Å². The molecule has 3 rings (SSSR count). The fraction of sp³-hybridized carbons (Fsp3) is 0.158. The number of anilines is 3. The van der Waals surface area contributed by atoms with E-state index >= 15 is 0 Å². The summed E-state index contributed by atoms with van der Waals surface area (Å²) in [4.78, 5) is 8.66. The number of aromatic nitrogens is 2. The van der Waals surface area contributed by atoms with Crippen molar-refractivity contribution in [2.45, 2.75) is 19.6 Å². The van der Waals surface area contributed by atoms with Crippen LogP contribution in [-0.2, 0) is 12.7 Å². The average Bonchev–Trinajstić information content (AvgIpc) is 2.60. The summed E-state index contributed by atoms with van der Waals surface area (Å²) < 4.78 is 37.9. The molecule has 3 aromatic rings. The van der Waals surface area contributed by atoms with Crippen LogP contribution in [0.1, 0.15) is 16.8 Å². The Balaban J connectivity index is 1.72. The van der Waals surface area contributed by atoms with Crippen LogP contribution in [0.2, 0.25) is 5.02 Å². The summed E-state index contributed by atoms with van der Waals surface area (Å²) in [5, 5.41) is 6.73. The van der Waals surface area contributed by atoms with Crippen LogP contribution in [0.15, 0.2) is 54.6 Å². The molecule has 0 aliphatic carbocycles. The van der Waals surface area contributed by atoms with E-state index in [9.17, 15) is 13.2 Å². The molecule has 4 nitrogen and oxygen atoms in total. The first kappa shape index (κ1) is 19.0. The molecule has 0 aliphatic heterocycles. The number of rotatable bonds is 5. The molecule has 0 fully saturated rings. The highest BCUT2D eigenvalue weighted by Crippen LogP contribution is 2.30. The van der Waals surface area contributed by atoms with E-state index in [0.717, 1.165) is 17.7 Å². The van der Waals surface area contributed by atoms with E-state index < -0.39 is 11.7 Å². The number of hydrogen-bond donors (Lipinski definition) is 2. The van der Waals surface area contributed by atoms with Gasteiger partial charge >= 0.3 is 6.18 Å². The van der Waals surface area contributed by atoms with Crippen molar-refractivity contribution in [1.29, 1.82) is 0 Å². The van der Waals surface area contributed by atoms with Gasteiger partial charge in [0, 0.05) is 29.0 Å². The van der Waals surface area contributed by atoms with Crippen molar-refractivity contribution in [1.82, 2.24) is 9.97 Å². The molecule has 0 bridgehead atoms. The Morgan fingerprint density at radius 1 is 1.00 bits per heavy atom. The van der Waals surface area contributed by atoms with Gasteiger partial charge in [-0.3, -0.25) is 0 Å². The first-order valence-electron chi connectivity index (χ1n) is 8.08. The lowest BCUT2D eigenvalue weighted by Crippen LogP contribution is -2.07. The molecular weight excluding hydrogens is 377 g/mol. The van der Waals surface area contributed by atoms with Crippen molar-refractivity contribution < 1.29 is 13.2 Å². The van der Waals surface area contributed by atoms with Gasteiger partial charge in [-0.1, -0.05) is 29.8 Å². The van der Waals surface area contributed by atoms with Crippen LogP contribution >= 0.6 is 11.6 Å². The van der Waals surface area contributed by atoms with Crippen LogP contribution in [0.4, 0.5) is 30.6 Å². The van der Waals surface area contributed by atoms with Crippen LogP contribution in [0, 0.1) is 6.92 Å². The molecule has 0 saturated heterocycles. The van der Waals surface area contributed by atoms with E-state index in [1.807, 2.05) is 18.2 Å². The van der Waals surface area contributed by atoms with Crippen LogP contribution < -0.4 is 10.6 Å². The molecule has 27 heavy (non-hydrogen) atoms. The maximum Gasteiger partial charge on any atom is 0.416 e. The predicted octanol–water partition coefficient (Wildman–Crippen LogP) is 5.81. The van der Waals surface area contributed by atoms with Gasteiger partial charge in [-0.2, -0.15) is 18.2 Å². The second-order valence-corrected chi connectivity index (χ2v) is 6.27. The SMILES string of the molecule is Cc1cc(Nc2ccc(C(F)(F)F)cc2)nc(NCc2ccccc2Cl)n1. The van der Waals surface area contributed by atoms with Gasteiger partial charge < -0.3 is 10.6 Å². The van der Waals surface area contributed by atoms with Crippen LogP contribution in [0.3, 0.4) is 0 Å². The highest BCUT2D eigenvalue weighted by molar-refractivity contribution is 6.31. The first-order chi connectivity index (χ1) is 12.8. The zero-order valence-corrected chi connectivity index (χ0v) is 15.1. The smallest absolute Gasteiger partial charge is 0.350 e. The lowest BCUT2D eigenvalue weighted by molar-refractivity contribution is -0.137. The molecule has 0 unspecified atom stereocenters. The molecule has 0 spiro atoms. The molecule has 1 aromatic heterocycles. The van der Waals surface area contributed by atoms with Gasteiger partial charge in [0.15, 0.2) is 0 Å². The number of nitrogens with zero attached hydrogens (tertiary/aromatic N) is 2.